The zero-order chi connectivity index (χ0) is 15.1. The van der Waals surface area contributed by atoms with E-state index in [0.29, 0.717) is 12.2 Å². The van der Waals surface area contributed by atoms with Gasteiger partial charge in [0, 0.05) is 11.7 Å². The van der Waals surface area contributed by atoms with E-state index < -0.39 is 13.1 Å². The number of carbonyl (C=O) groups is 1. The Bertz CT molecular complexity index is 427. The van der Waals surface area contributed by atoms with E-state index in [-0.39, 0.29) is 11.8 Å². The fourth-order valence-corrected chi connectivity index (χ4v) is 1.82. The molecule has 0 saturated carbocycles. The normalized spacial score (nSPS) is 13.4. The Morgan fingerprint density at radius 1 is 1.40 bits per heavy atom. The predicted octanol–water partition coefficient (Wildman–Crippen LogP) is 0.300. The zero-order valence-electron chi connectivity index (χ0n) is 11.6. The van der Waals surface area contributed by atoms with Gasteiger partial charge in [0.15, 0.2) is 0 Å². The van der Waals surface area contributed by atoms with Crippen LogP contribution < -0.4 is 10.1 Å². The predicted molar refractivity (Wildman–Crippen MR) is 81.8 cm³/mol. The molecule has 5 nitrogen and oxygen atoms in total. The highest BCUT2D eigenvalue weighted by molar-refractivity contribution is 7.80. The molecular weight excluding hydrogens is 277 g/mol. The molecule has 1 rings (SSSR count). The van der Waals surface area contributed by atoms with Gasteiger partial charge in [-0.15, -0.1) is 0 Å². The van der Waals surface area contributed by atoms with Gasteiger partial charge in [-0.05, 0) is 24.1 Å². The Kier molecular flexibility index (Phi) is 6.91. The van der Waals surface area contributed by atoms with Crippen LogP contribution in [0.3, 0.4) is 0 Å². The largest absolute Gasteiger partial charge is 0.497 e. The summed E-state index contributed by atoms with van der Waals surface area (Å²) >= 11 is 4.05. The third-order valence-electron chi connectivity index (χ3n) is 3.02. The van der Waals surface area contributed by atoms with Gasteiger partial charge < -0.3 is 20.1 Å². The van der Waals surface area contributed by atoms with Crippen LogP contribution in [0.4, 0.5) is 0 Å². The topological polar surface area (TPSA) is 78.8 Å². The highest BCUT2D eigenvalue weighted by atomic mass is 32.1. The van der Waals surface area contributed by atoms with Crippen molar-refractivity contribution in [3.05, 3.63) is 29.8 Å². The summed E-state index contributed by atoms with van der Waals surface area (Å²) < 4.78 is 5.06. The van der Waals surface area contributed by atoms with E-state index >= 15 is 0 Å². The molecule has 1 amide bonds. The van der Waals surface area contributed by atoms with Crippen molar-refractivity contribution in [3.63, 3.8) is 0 Å². The van der Waals surface area contributed by atoms with Crippen molar-refractivity contribution in [1.29, 1.82) is 0 Å². The number of benzene rings is 1. The molecule has 3 N–H and O–H groups in total. The first-order valence-corrected chi connectivity index (χ1v) is 7.01. The van der Waals surface area contributed by atoms with Crippen molar-refractivity contribution in [2.24, 2.45) is 5.92 Å². The van der Waals surface area contributed by atoms with Crippen molar-refractivity contribution in [2.45, 2.75) is 19.3 Å². The van der Waals surface area contributed by atoms with E-state index in [1.54, 1.807) is 26.2 Å². The van der Waals surface area contributed by atoms with Gasteiger partial charge in [-0.3, -0.25) is 4.79 Å². The number of carbonyl (C=O) groups excluding carboxylic acids is 1. The SMILES string of the molecule is COc1ccc(C[C@H](NC(=O)[C@H](C)CS)B(O)O)cc1. The van der Waals surface area contributed by atoms with Crippen LogP contribution in [0, 0.1) is 5.92 Å². The third kappa shape index (κ3) is 5.07. The van der Waals surface area contributed by atoms with Gasteiger partial charge in [0.1, 0.15) is 5.75 Å². The van der Waals surface area contributed by atoms with Gasteiger partial charge >= 0.3 is 7.12 Å². The number of hydrogen-bond donors (Lipinski definition) is 4. The molecule has 20 heavy (non-hydrogen) atoms. The minimum absolute atomic E-state index is 0.244. The first-order valence-electron chi connectivity index (χ1n) is 6.38. The maximum Gasteiger partial charge on any atom is 0.475 e. The first-order chi connectivity index (χ1) is 9.47. The summed E-state index contributed by atoms with van der Waals surface area (Å²) in [5.41, 5.74) is 0.878. The maximum atomic E-state index is 11.8. The summed E-state index contributed by atoms with van der Waals surface area (Å²) in [5, 5.41) is 21.4. The second-order valence-electron chi connectivity index (χ2n) is 4.66. The Hall–Kier alpha value is -1.18. The number of nitrogens with one attached hydrogen (secondary N) is 1. The third-order valence-corrected chi connectivity index (χ3v) is 3.57. The van der Waals surface area contributed by atoms with E-state index in [4.69, 9.17) is 4.74 Å². The minimum Gasteiger partial charge on any atom is -0.497 e. The van der Waals surface area contributed by atoms with Gasteiger partial charge in [0.2, 0.25) is 5.91 Å². The molecule has 110 valence electrons. The van der Waals surface area contributed by atoms with Crippen LogP contribution in [0.1, 0.15) is 12.5 Å². The Balaban J connectivity index is 2.69. The van der Waals surface area contributed by atoms with Crippen LogP contribution in [-0.2, 0) is 11.2 Å². The van der Waals surface area contributed by atoms with Crippen LogP contribution in [0.25, 0.3) is 0 Å². The fourth-order valence-electron chi connectivity index (χ4n) is 1.65. The molecule has 0 aliphatic carbocycles. The quantitative estimate of drug-likeness (QED) is 0.431. The van der Waals surface area contributed by atoms with Crippen molar-refractivity contribution in [1.82, 2.24) is 5.32 Å². The highest BCUT2D eigenvalue weighted by Gasteiger charge is 2.26. The molecule has 0 heterocycles. The molecule has 0 unspecified atom stereocenters. The number of rotatable bonds is 7. The lowest BCUT2D eigenvalue weighted by Gasteiger charge is -2.20. The smallest absolute Gasteiger partial charge is 0.475 e. The van der Waals surface area contributed by atoms with E-state index in [1.165, 1.54) is 0 Å². The molecule has 0 bridgehead atoms. The van der Waals surface area contributed by atoms with Crippen LogP contribution in [0.15, 0.2) is 24.3 Å². The molecule has 1 aromatic rings. The van der Waals surface area contributed by atoms with Gasteiger partial charge in [-0.1, -0.05) is 19.1 Å². The molecule has 7 heteroatoms. The van der Waals surface area contributed by atoms with Crippen molar-refractivity contribution < 1.29 is 19.6 Å². The number of methoxy groups -OCH3 is 1. The van der Waals surface area contributed by atoms with Gasteiger partial charge in [-0.2, -0.15) is 12.6 Å². The van der Waals surface area contributed by atoms with E-state index in [2.05, 4.69) is 17.9 Å². The number of amides is 1. The Labute approximate surface area is 124 Å². The highest BCUT2D eigenvalue weighted by Crippen LogP contribution is 2.13. The molecule has 0 spiro atoms. The van der Waals surface area contributed by atoms with E-state index in [0.717, 1.165) is 11.3 Å². The van der Waals surface area contributed by atoms with Crippen molar-refractivity contribution in [3.8, 4) is 5.75 Å². The number of thiol groups is 1. The number of ether oxygens (including phenoxy) is 1. The summed E-state index contributed by atoms with van der Waals surface area (Å²) in [6.45, 7) is 1.73. The molecule has 0 aliphatic rings. The number of hydrogen-bond acceptors (Lipinski definition) is 5. The molecule has 0 radical (unpaired) electrons. The minimum atomic E-state index is -1.62. The second kappa shape index (κ2) is 8.19. The fraction of sp³-hybridized carbons (Fsp3) is 0.462. The molecule has 0 saturated heterocycles. The standard InChI is InChI=1S/C13H20BNO4S/c1-9(8-20)13(16)15-12(14(17)18)7-10-3-5-11(19-2)6-4-10/h3-6,9,12,17-18,20H,7-8H2,1-2H3,(H,15,16)/t9-,12+/m1/s1. The maximum absolute atomic E-state index is 11.8. The lowest BCUT2D eigenvalue weighted by atomic mass is 9.75. The second-order valence-corrected chi connectivity index (χ2v) is 5.03. The lowest BCUT2D eigenvalue weighted by molar-refractivity contribution is -0.124. The summed E-state index contributed by atoms with van der Waals surface area (Å²) in [4.78, 5) is 11.8. The summed E-state index contributed by atoms with van der Waals surface area (Å²) in [6, 6.07) is 7.22. The Morgan fingerprint density at radius 3 is 2.45 bits per heavy atom. The van der Waals surface area contributed by atoms with Crippen molar-refractivity contribution in [2.75, 3.05) is 12.9 Å². The Morgan fingerprint density at radius 2 is 2.00 bits per heavy atom. The molecule has 2 atom stereocenters. The summed E-state index contributed by atoms with van der Waals surface area (Å²) in [5.74, 6) is -0.148. The summed E-state index contributed by atoms with van der Waals surface area (Å²) in [6.07, 6.45) is 0.326. The van der Waals surface area contributed by atoms with Crippen LogP contribution in [-0.4, -0.2) is 41.9 Å². The van der Waals surface area contributed by atoms with E-state index in [9.17, 15) is 14.8 Å². The van der Waals surface area contributed by atoms with Crippen LogP contribution >= 0.6 is 12.6 Å². The van der Waals surface area contributed by atoms with Crippen LogP contribution in [0.2, 0.25) is 0 Å². The first kappa shape index (κ1) is 16.9. The van der Waals surface area contributed by atoms with Gasteiger partial charge in [0.05, 0.1) is 13.1 Å². The molecule has 1 aromatic carbocycles. The van der Waals surface area contributed by atoms with Crippen LogP contribution in [0.5, 0.6) is 5.75 Å². The van der Waals surface area contributed by atoms with Crippen molar-refractivity contribution >= 4 is 25.7 Å². The van der Waals surface area contributed by atoms with E-state index in [1.807, 2.05) is 12.1 Å². The molecule has 0 aliphatic heterocycles. The molecule has 0 aromatic heterocycles. The lowest BCUT2D eigenvalue weighted by Crippen LogP contribution is -2.49. The zero-order valence-corrected chi connectivity index (χ0v) is 12.5. The van der Waals surface area contributed by atoms with Gasteiger partial charge in [0.25, 0.3) is 0 Å². The summed E-state index contributed by atoms with van der Waals surface area (Å²) in [7, 11) is -0.0397. The molecular formula is C13H20BNO4S. The average molecular weight is 297 g/mol. The molecule has 0 fully saturated rings. The average Bonchev–Trinajstić information content (AvgIpc) is 2.46. The monoisotopic (exact) mass is 297 g/mol. The van der Waals surface area contributed by atoms with Gasteiger partial charge in [-0.25, -0.2) is 0 Å².